The van der Waals surface area contributed by atoms with Crippen molar-refractivity contribution in [3.8, 4) is 10.6 Å². The minimum atomic E-state index is -4.03. The standard InChI is InChI=1S/C20H14ClN3O3S2/c21-17-6-2-1-5-16(17)20-23-14(12-28-20)10-19(25)24-29(26,27)18-7-3-4-13-11-22-9-8-15(13)18/h1-9,11-12H,10H2,(H,24,25). The molecule has 0 unspecified atom stereocenters. The molecule has 6 nitrogen and oxygen atoms in total. The van der Waals surface area contributed by atoms with Gasteiger partial charge >= 0.3 is 0 Å². The smallest absolute Gasteiger partial charge is 0.264 e. The van der Waals surface area contributed by atoms with E-state index in [4.69, 9.17) is 11.6 Å². The summed E-state index contributed by atoms with van der Waals surface area (Å²) in [7, 11) is -4.03. The van der Waals surface area contributed by atoms with Crippen molar-refractivity contribution in [2.45, 2.75) is 11.3 Å². The molecule has 0 aliphatic rings. The molecule has 146 valence electrons. The number of carbonyl (C=O) groups excluding carboxylic acids is 1. The van der Waals surface area contributed by atoms with Crippen LogP contribution in [0.3, 0.4) is 0 Å². The zero-order chi connectivity index (χ0) is 20.4. The van der Waals surface area contributed by atoms with Crippen LogP contribution in [0.2, 0.25) is 5.02 Å². The van der Waals surface area contributed by atoms with Gasteiger partial charge in [-0.2, -0.15) is 0 Å². The van der Waals surface area contributed by atoms with Crippen molar-refractivity contribution in [2.24, 2.45) is 0 Å². The first-order valence-corrected chi connectivity index (χ1v) is 11.3. The number of rotatable bonds is 5. The molecule has 9 heteroatoms. The van der Waals surface area contributed by atoms with Crippen molar-refractivity contribution in [1.29, 1.82) is 0 Å². The molecule has 0 saturated carbocycles. The summed E-state index contributed by atoms with van der Waals surface area (Å²) in [4.78, 5) is 20.8. The van der Waals surface area contributed by atoms with Gasteiger partial charge in [0.1, 0.15) is 5.01 Å². The molecule has 0 spiro atoms. The highest BCUT2D eigenvalue weighted by Crippen LogP contribution is 2.30. The minimum absolute atomic E-state index is 0.0285. The largest absolute Gasteiger partial charge is 0.274 e. The van der Waals surface area contributed by atoms with E-state index in [0.29, 0.717) is 26.5 Å². The van der Waals surface area contributed by atoms with E-state index >= 15 is 0 Å². The van der Waals surface area contributed by atoms with E-state index in [-0.39, 0.29) is 11.3 Å². The Kier molecular flexibility index (Phi) is 5.31. The van der Waals surface area contributed by atoms with Gasteiger partial charge in [-0.25, -0.2) is 18.1 Å². The summed E-state index contributed by atoms with van der Waals surface area (Å²) in [6, 6.07) is 13.7. The van der Waals surface area contributed by atoms with Crippen molar-refractivity contribution >= 4 is 49.6 Å². The van der Waals surface area contributed by atoms with Crippen LogP contribution >= 0.6 is 22.9 Å². The van der Waals surface area contributed by atoms with Gasteiger partial charge in [-0.05, 0) is 18.2 Å². The van der Waals surface area contributed by atoms with Gasteiger partial charge in [-0.1, -0.05) is 41.9 Å². The summed E-state index contributed by atoms with van der Waals surface area (Å²) in [5.41, 5.74) is 1.24. The van der Waals surface area contributed by atoms with E-state index in [0.717, 1.165) is 5.56 Å². The van der Waals surface area contributed by atoms with Gasteiger partial charge in [0.05, 0.1) is 22.0 Å². The average molecular weight is 444 g/mol. The van der Waals surface area contributed by atoms with Crippen molar-refractivity contribution < 1.29 is 13.2 Å². The van der Waals surface area contributed by atoms with Gasteiger partial charge in [0, 0.05) is 34.1 Å². The third kappa shape index (κ3) is 4.14. The Balaban J connectivity index is 1.53. The number of thiazole rings is 1. The first-order valence-electron chi connectivity index (χ1n) is 8.52. The molecule has 2 aromatic heterocycles. The third-order valence-corrected chi connectivity index (χ3v) is 6.86. The molecular weight excluding hydrogens is 430 g/mol. The highest BCUT2D eigenvalue weighted by Gasteiger charge is 2.21. The number of fused-ring (bicyclic) bond motifs is 1. The van der Waals surface area contributed by atoms with Crippen molar-refractivity contribution in [3.63, 3.8) is 0 Å². The number of sulfonamides is 1. The second-order valence-electron chi connectivity index (χ2n) is 6.18. The number of benzene rings is 2. The first-order chi connectivity index (χ1) is 13.9. The van der Waals surface area contributed by atoms with Gasteiger partial charge in [0.2, 0.25) is 5.91 Å². The molecule has 0 aliphatic carbocycles. The Labute approximate surface area is 176 Å². The average Bonchev–Trinajstić information content (AvgIpc) is 3.15. The maximum Gasteiger partial charge on any atom is 0.264 e. The van der Waals surface area contributed by atoms with Crippen LogP contribution in [0.5, 0.6) is 0 Å². The van der Waals surface area contributed by atoms with Gasteiger partial charge in [-0.3, -0.25) is 9.78 Å². The Morgan fingerprint density at radius 3 is 2.76 bits per heavy atom. The molecule has 0 fully saturated rings. The van der Waals surface area contributed by atoms with E-state index in [2.05, 4.69) is 14.7 Å². The molecule has 1 amide bonds. The molecule has 0 saturated heterocycles. The number of aromatic nitrogens is 2. The number of nitrogens with zero attached hydrogens (tertiary/aromatic N) is 2. The topological polar surface area (TPSA) is 89.0 Å². The molecule has 4 aromatic rings. The number of carbonyl (C=O) groups is 1. The Hall–Kier alpha value is -2.81. The van der Waals surface area contributed by atoms with E-state index in [9.17, 15) is 13.2 Å². The molecule has 2 heterocycles. The number of nitrogens with one attached hydrogen (secondary N) is 1. The summed E-state index contributed by atoms with van der Waals surface area (Å²) in [6.45, 7) is 0. The number of hydrogen-bond donors (Lipinski definition) is 1. The summed E-state index contributed by atoms with van der Waals surface area (Å²) >= 11 is 7.52. The van der Waals surface area contributed by atoms with Crippen LogP contribution in [0.4, 0.5) is 0 Å². The van der Waals surface area contributed by atoms with Crippen LogP contribution in [0.1, 0.15) is 5.69 Å². The van der Waals surface area contributed by atoms with Crippen LogP contribution in [0.15, 0.2) is 71.2 Å². The number of amides is 1. The molecule has 0 bridgehead atoms. The summed E-state index contributed by atoms with van der Waals surface area (Å²) in [5, 5.41) is 4.12. The first kappa shape index (κ1) is 19.5. The monoisotopic (exact) mass is 443 g/mol. The molecule has 0 aliphatic heterocycles. The normalized spacial score (nSPS) is 11.5. The molecule has 2 aromatic carbocycles. The zero-order valence-electron chi connectivity index (χ0n) is 14.9. The fraction of sp³-hybridized carbons (Fsp3) is 0.0500. The second-order valence-corrected chi connectivity index (χ2v) is 9.10. The third-order valence-electron chi connectivity index (χ3n) is 4.18. The zero-order valence-corrected chi connectivity index (χ0v) is 17.3. The van der Waals surface area contributed by atoms with E-state index in [1.807, 2.05) is 18.2 Å². The number of hydrogen-bond acceptors (Lipinski definition) is 6. The van der Waals surface area contributed by atoms with Gasteiger partial charge in [0.15, 0.2) is 0 Å². The van der Waals surface area contributed by atoms with E-state index < -0.39 is 15.9 Å². The van der Waals surface area contributed by atoms with E-state index in [1.54, 1.807) is 35.8 Å². The van der Waals surface area contributed by atoms with Crippen LogP contribution in [-0.4, -0.2) is 24.3 Å². The fourth-order valence-corrected chi connectivity index (χ4v) is 5.23. The molecule has 0 radical (unpaired) electrons. The minimum Gasteiger partial charge on any atom is -0.274 e. The molecule has 4 rings (SSSR count). The van der Waals surface area contributed by atoms with Crippen LogP contribution in [-0.2, 0) is 21.2 Å². The van der Waals surface area contributed by atoms with E-state index in [1.165, 1.54) is 23.6 Å². The molecular formula is C20H14ClN3O3S2. The van der Waals surface area contributed by atoms with Gasteiger partial charge < -0.3 is 0 Å². The predicted octanol–water partition coefficient (Wildman–Crippen LogP) is 4.06. The highest BCUT2D eigenvalue weighted by molar-refractivity contribution is 7.90. The van der Waals surface area contributed by atoms with Crippen LogP contribution < -0.4 is 4.72 Å². The number of halogens is 1. The maximum atomic E-state index is 12.7. The maximum absolute atomic E-state index is 12.7. The summed E-state index contributed by atoms with van der Waals surface area (Å²) < 4.78 is 27.6. The molecule has 29 heavy (non-hydrogen) atoms. The number of pyridine rings is 1. The van der Waals surface area contributed by atoms with Crippen molar-refractivity contribution in [1.82, 2.24) is 14.7 Å². The summed E-state index contributed by atoms with van der Waals surface area (Å²) in [5.74, 6) is -0.660. The van der Waals surface area contributed by atoms with Crippen molar-refractivity contribution in [2.75, 3.05) is 0 Å². The van der Waals surface area contributed by atoms with Crippen LogP contribution in [0, 0.1) is 0 Å². The van der Waals surface area contributed by atoms with Gasteiger partial charge in [0.25, 0.3) is 10.0 Å². The lowest BCUT2D eigenvalue weighted by atomic mass is 10.2. The Morgan fingerprint density at radius 2 is 1.93 bits per heavy atom. The lowest BCUT2D eigenvalue weighted by Crippen LogP contribution is -2.32. The lowest BCUT2D eigenvalue weighted by Gasteiger charge is -2.09. The Bertz CT molecular complexity index is 1310. The summed E-state index contributed by atoms with van der Waals surface area (Å²) in [6.07, 6.45) is 2.92. The molecule has 1 N–H and O–H groups in total. The Morgan fingerprint density at radius 1 is 1.10 bits per heavy atom. The quantitative estimate of drug-likeness (QED) is 0.502. The second kappa shape index (κ2) is 7.90. The van der Waals surface area contributed by atoms with Crippen LogP contribution in [0.25, 0.3) is 21.3 Å². The van der Waals surface area contributed by atoms with Crippen molar-refractivity contribution in [3.05, 3.63) is 77.0 Å². The molecule has 0 atom stereocenters. The predicted molar refractivity (Wildman–Crippen MR) is 113 cm³/mol. The fourth-order valence-electron chi connectivity index (χ4n) is 2.88. The lowest BCUT2D eigenvalue weighted by molar-refractivity contribution is -0.118. The van der Waals surface area contributed by atoms with Gasteiger partial charge in [-0.15, -0.1) is 11.3 Å². The highest BCUT2D eigenvalue weighted by atomic mass is 35.5. The SMILES string of the molecule is O=C(Cc1csc(-c2ccccc2Cl)n1)NS(=O)(=O)c1cccc2cnccc12.